The molecule has 1 aliphatic heterocycles. The average molecular weight is 106 g/mol. The number of hydrogen-bond donors (Lipinski definition) is 0. The van der Waals surface area contributed by atoms with Crippen molar-refractivity contribution in [2.75, 3.05) is 12.4 Å². The topological polar surface area (TPSA) is 21.6 Å². The van der Waals surface area contributed by atoms with Crippen LogP contribution in [0.1, 0.15) is 0 Å². The van der Waals surface area contributed by atoms with Crippen molar-refractivity contribution in [2.24, 2.45) is 4.40 Å². The fourth-order valence-corrected chi connectivity index (χ4v) is 0.967. The molecular weight excluding hydrogens is 98.1 g/mol. The molecule has 2 nitrogen and oxygen atoms in total. The van der Waals surface area contributed by atoms with Crippen LogP contribution in [0.15, 0.2) is 4.40 Å². The van der Waals surface area contributed by atoms with Crippen LogP contribution in [0.25, 0.3) is 0 Å². The van der Waals surface area contributed by atoms with Crippen molar-refractivity contribution in [3.8, 4) is 0 Å². The van der Waals surface area contributed by atoms with Gasteiger partial charge < -0.3 is 4.74 Å². The maximum atomic E-state index is 4.69. The van der Waals surface area contributed by atoms with Crippen molar-refractivity contribution in [3.63, 3.8) is 0 Å². The Hall–Kier alpha value is -0.180. The summed E-state index contributed by atoms with van der Waals surface area (Å²) in [6.07, 6.45) is 2.47. The minimum absolute atomic E-state index is 0.103. The van der Waals surface area contributed by atoms with Crippen LogP contribution >= 0.6 is 11.9 Å². The Morgan fingerprint density at radius 3 is 3.00 bits per heavy atom. The third-order valence-electron chi connectivity index (χ3n) is 0.645. The summed E-state index contributed by atoms with van der Waals surface area (Å²) >= 11 is -0.103. The van der Waals surface area contributed by atoms with Gasteiger partial charge in [-0.25, -0.2) is 16.3 Å². The summed E-state index contributed by atoms with van der Waals surface area (Å²) in [4.78, 5) is 0. The van der Waals surface area contributed by atoms with Gasteiger partial charge >= 0.3 is 0 Å². The normalized spacial score (nSPS) is 21.3. The lowest BCUT2D eigenvalue weighted by atomic mass is 10.9. The van der Waals surface area contributed by atoms with E-state index in [4.69, 9.17) is 0 Å². The van der Waals surface area contributed by atoms with Crippen LogP contribution in [-0.4, -0.2) is 18.8 Å². The predicted molar refractivity (Wildman–Crippen MR) is 31.4 cm³/mol. The number of nitrogens with zero attached hydrogens (tertiary/aromatic N) is 1. The first kappa shape index (κ1) is 3.99. The van der Waals surface area contributed by atoms with Gasteiger partial charge in [-0.3, -0.25) is 0 Å². The molecule has 0 aromatic carbocycles. The lowest BCUT2D eigenvalue weighted by Crippen LogP contribution is -1.97. The SMILES string of the molecule is [C]1=N[SH4]CCO1. The van der Waals surface area contributed by atoms with E-state index >= 15 is 0 Å². The first-order valence-electron chi connectivity index (χ1n) is 2.03. The van der Waals surface area contributed by atoms with Crippen LogP contribution in [0, 0.1) is 0 Å². The molecule has 0 saturated heterocycles. The second kappa shape index (κ2) is 2.08. The van der Waals surface area contributed by atoms with Gasteiger partial charge in [-0.05, 0) is 0 Å². The summed E-state index contributed by atoms with van der Waals surface area (Å²) in [6, 6.07) is 0. The van der Waals surface area contributed by atoms with Crippen molar-refractivity contribution in [3.05, 3.63) is 0 Å². The number of rotatable bonds is 0. The van der Waals surface area contributed by atoms with Gasteiger partial charge in [0.25, 0.3) is 6.40 Å². The Labute approximate surface area is 40.7 Å². The molecule has 1 radical (unpaired) electrons. The summed E-state index contributed by atoms with van der Waals surface area (Å²) in [5.74, 6) is 1.19. The van der Waals surface area contributed by atoms with E-state index in [9.17, 15) is 0 Å². The van der Waals surface area contributed by atoms with Gasteiger partial charge in [0.1, 0.15) is 0 Å². The molecular formula is C3H8NOS. The second-order valence-corrected chi connectivity index (χ2v) is 2.65. The van der Waals surface area contributed by atoms with Gasteiger partial charge in [0.15, 0.2) is 0 Å². The number of ether oxygens (including phenoxy) is 1. The van der Waals surface area contributed by atoms with E-state index in [1.807, 2.05) is 0 Å². The zero-order valence-corrected chi connectivity index (χ0v) is 4.89. The van der Waals surface area contributed by atoms with Crippen LogP contribution in [0.5, 0.6) is 0 Å². The van der Waals surface area contributed by atoms with Crippen molar-refractivity contribution in [1.82, 2.24) is 0 Å². The zero-order chi connectivity index (χ0) is 4.24. The van der Waals surface area contributed by atoms with E-state index in [0.717, 1.165) is 6.61 Å². The molecule has 37 valence electrons. The third-order valence-corrected chi connectivity index (χ3v) is 1.60. The summed E-state index contributed by atoms with van der Waals surface area (Å²) in [5.41, 5.74) is 0. The lowest BCUT2D eigenvalue weighted by molar-refractivity contribution is 0.345. The molecule has 6 heavy (non-hydrogen) atoms. The van der Waals surface area contributed by atoms with E-state index in [-0.39, 0.29) is 11.9 Å². The smallest absolute Gasteiger partial charge is 0.281 e. The Balaban J connectivity index is 2.26. The Morgan fingerprint density at radius 2 is 2.83 bits per heavy atom. The molecule has 0 amide bonds. The molecule has 0 saturated carbocycles. The largest absolute Gasteiger partial charge is 0.473 e. The van der Waals surface area contributed by atoms with Crippen molar-refractivity contribution in [1.29, 1.82) is 0 Å². The maximum absolute atomic E-state index is 4.69. The van der Waals surface area contributed by atoms with Gasteiger partial charge in [0, 0.05) is 5.75 Å². The molecule has 1 aliphatic rings. The van der Waals surface area contributed by atoms with Crippen molar-refractivity contribution >= 4 is 18.3 Å². The number of hydrogen-bond acceptors (Lipinski definition) is 2. The first-order chi connectivity index (χ1) is 3.00. The van der Waals surface area contributed by atoms with Crippen LogP contribution in [-0.2, 0) is 4.74 Å². The van der Waals surface area contributed by atoms with Crippen LogP contribution in [0.4, 0.5) is 0 Å². The van der Waals surface area contributed by atoms with Gasteiger partial charge in [-0.1, -0.05) is 0 Å². The zero-order valence-electron chi connectivity index (χ0n) is 3.48. The first-order valence-corrected chi connectivity index (χ1v) is 3.67. The third kappa shape index (κ3) is 0.897. The summed E-state index contributed by atoms with van der Waals surface area (Å²) in [5, 5.41) is 0. The van der Waals surface area contributed by atoms with E-state index in [2.05, 4.69) is 15.5 Å². The molecule has 1 rings (SSSR count). The minimum Gasteiger partial charge on any atom is -0.473 e. The van der Waals surface area contributed by atoms with E-state index < -0.39 is 0 Å². The minimum atomic E-state index is -0.103. The van der Waals surface area contributed by atoms with Crippen LogP contribution < -0.4 is 0 Å². The highest BCUT2D eigenvalue weighted by atomic mass is 32.2. The molecule has 0 fully saturated rings. The molecule has 0 aromatic heterocycles. The highest BCUT2D eigenvalue weighted by Crippen LogP contribution is 2.02. The van der Waals surface area contributed by atoms with Gasteiger partial charge in [-0.15, -0.1) is 0 Å². The fourth-order valence-electron chi connectivity index (χ4n) is 0.353. The predicted octanol–water partition coefficient (Wildman–Crippen LogP) is -0.501. The Kier molecular flexibility index (Phi) is 1.38. The van der Waals surface area contributed by atoms with E-state index in [1.54, 1.807) is 0 Å². The highest BCUT2D eigenvalue weighted by Gasteiger charge is 1.84. The quantitative estimate of drug-likeness (QED) is 0.408. The molecule has 1 heterocycles. The fraction of sp³-hybridized carbons (Fsp3) is 0.667. The summed E-state index contributed by atoms with van der Waals surface area (Å²) < 4.78 is 8.53. The van der Waals surface area contributed by atoms with Crippen LogP contribution in [0.2, 0.25) is 0 Å². The molecule has 3 heteroatoms. The van der Waals surface area contributed by atoms with Crippen LogP contribution in [0.3, 0.4) is 0 Å². The van der Waals surface area contributed by atoms with E-state index in [1.165, 1.54) is 5.75 Å². The maximum Gasteiger partial charge on any atom is 0.281 e. The molecule has 0 atom stereocenters. The molecule has 0 spiro atoms. The lowest BCUT2D eigenvalue weighted by Gasteiger charge is -2.03. The van der Waals surface area contributed by atoms with E-state index in [0.29, 0.717) is 0 Å². The molecule has 0 aliphatic carbocycles. The highest BCUT2D eigenvalue weighted by molar-refractivity contribution is 7.98. The summed E-state index contributed by atoms with van der Waals surface area (Å²) in [7, 11) is 0. The van der Waals surface area contributed by atoms with Gasteiger partial charge in [-0.2, -0.15) is 0 Å². The van der Waals surface area contributed by atoms with Crippen molar-refractivity contribution in [2.45, 2.75) is 0 Å². The summed E-state index contributed by atoms with van der Waals surface area (Å²) in [6.45, 7) is 0.857. The molecule has 0 bridgehead atoms. The van der Waals surface area contributed by atoms with Crippen molar-refractivity contribution < 1.29 is 4.74 Å². The Bertz CT molecular complexity index is 55.8. The molecule has 0 N–H and O–H groups in total. The second-order valence-electron chi connectivity index (χ2n) is 1.18. The van der Waals surface area contributed by atoms with Gasteiger partial charge in [0.2, 0.25) is 0 Å². The molecule has 0 unspecified atom stereocenters. The van der Waals surface area contributed by atoms with Gasteiger partial charge in [0.05, 0.1) is 6.61 Å². The standard InChI is InChI=1S/C3H8NOS/c1-2-6-4-3-5-1/h1-2H2,6H4. The Morgan fingerprint density at radius 1 is 1.83 bits per heavy atom. The molecule has 0 aromatic rings. The average Bonchev–Trinajstić information content (AvgIpc) is 1.72. The monoisotopic (exact) mass is 106 g/mol.